The van der Waals surface area contributed by atoms with Crippen molar-refractivity contribution in [3.8, 4) is 11.3 Å². The predicted molar refractivity (Wildman–Crippen MR) is 179 cm³/mol. The van der Waals surface area contributed by atoms with Gasteiger partial charge in [0.2, 0.25) is 0 Å². The van der Waals surface area contributed by atoms with Crippen molar-refractivity contribution in [1.29, 1.82) is 0 Å². The van der Waals surface area contributed by atoms with Crippen LogP contribution in [0.25, 0.3) is 21.5 Å². The molecule has 9 nitrogen and oxygen atoms in total. The Hall–Kier alpha value is -3.48. The third-order valence-corrected chi connectivity index (χ3v) is 12.1. The molecule has 2 aliphatic heterocycles. The summed E-state index contributed by atoms with van der Waals surface area (Å²) < 4.78 is 34.2. The van der Waals surface area contributed by atoms with E-state index in [1.165, 1.54) is 23.5 Å². The summed E-state index contributed by atoms with van der Waals surface area (Å²) in [6.07, 6.45) is 5.26. The van der Waals surface area contributed by atoms with Gasteiger partial charge in [-0.3, -0.25) is 4.79 Å². The molecule has 3 aromatic carbocycles. The van der Waals surface area contributed by atoms with Crippen molar-refractivity contribution in [3.63, 3.8) is 0 Å². The van der Waals surface area contributed by atoms with Crippen LogP contribution in [0.2, 0.25) is 10.0 Å². The number of benzene rings is 3. The summed E-state index contributed by atoms with van der Waals surface area (Å²) in [6.45, 7) is 0.627. The lowest BCUT2D eigenvalue weighted by molar-refractivity contribution is 0.0981. The smallest absolute Gasteiger partial charge is 0.265 e. The van der Waals surface area contributed by atoms with Gasteiger partial charge in [-0.25, -0.2) is 18.1 Å². The number of piperidine rings is 1. The Labute approximate surface area is 279 Å². The van der Waals surface area contributed by atoms with Crippen molar-refractivity contribution in [1.82, 2.24) is 20.2 Å². The van der Waals surface area contributed by atoms with E-state index in [0.717, 1.165) is 58.8 Å². The van der Waals surface area contributed by atoms with E-state index in [1.54, 1.807) is 36.4 Å². The van der Waals surface area contributed by atoms with Crippen molar-refractivity contribution >= 4 is 65.8 Å². The van der Waals surface area contributed by atoms with Gasteiger partial charge in [0.25, 0.3) is 15.9 Å². The van der Waals surface area contributed by atoms with E-state index in [-0.39, 0.29) is 10.5 Å². The lowest BCUT2D eigenvalue weighted by Gasteiger charge is -2.55. The number of rotatable bonds is 9. The zero-order chi connectivity index (χ0) is 31.6. The average molecular weight is 695 g/mol. The number of anilines is 1. The summed E-state index contributed by atoms with van der Waals surface area (Å²) in [5, 5.41) is 10.2. The van der Waals surface area contributed by atoms with Crippen LogP contribution in [0, 0.1) is 0 Å². The van der Waals surface area contributed by atoms with E-state index in [4.69, 9.17) is 32.7 Å². The van der Waals surface area contributed by atoms with Gasteiger partial charge in [0.1, 0.15) is 11.5 Å². The van der Waals surface area contributed by atoms with Gasteiger partial charge in [-0.2, -0.15) is 0 Å². The van der Waals surface area contributed by atoms with Crippen molar-refractivity contribution < 1.29 is 17.7 Å². The topological polar surface area (TPSA) is 117 Å². The summed E-state index contributed by atoms with van der Waals surface area (Å²) in [6, 6.07) is 19.5. The number of hydrogen-bond donors (Lipinski definition) is 2. The lowest BCUT2D eigenvalue weighted by atomic mass is 9.77. The molecule has 46 heavy (non-hydrogen) atoms. The Bertz CT molecular complexity index is 2050. The molecule has 2 atom stereocenters. The third kappa shape index (κ3) is 5.47. The van der Waals surface area contributed by atoms with Crippen LogP contribution in [-0.2, 0) is 16.6 Å². The molecule has 1 amide bonds. The molecule has 2 saturated heterocycles. The van der Waals surface area contributed by atoms with Gasteiger partial charge in [-0.05, 0) is 74.6 Å². The van der Waals surface area contributed by atoms with Crippen molar-refractivity contribution in [2.24, 2.45) is 0 Å². The van der Waals surface area contributed by atoms with Crippen LogP contribution in [-0.4, -0.2) is 42.6 Å². The Morgan fingerprint density at radius 2 is 1.72 bits per heavy atom. The number of carbonyl (C=O) groups is 1. The van der Waals surface area contributed by atoms with Crippen molar-refractivity contribution in [2.75, 3.05) is 4.90 Å². The fourth-order valence-electron chi connectivity index (χ4n) is 6.68. The molecule has 2 bridgehead atoms. The molecule has 0 radical (unpaired) electrons. The van der Waals surface area contributed by atoms with Crippen LogP contribution in [0.5, 0.6) is 0 Å². The number of amides is 1. The molecular weight excluding hydrogens is 665 g/mol. The summed E-state index contributed by atoms with van der Waals surface area (Å²) in [5.74, 6) is 0.655. The van der Waals surface area contributed by atoms with Crippen LogP contribution in [0.4, 0.5) is 5.13 Å². The first-order valence-electron chi connectivity index (χ1n) is 15.2. The van der Waals surface area contributed by atoms with Crippen molar-refractivity contribution in [3.05, 3.63) is 93.7 Å². The van der Waals surface area contributed by atoms with E-state index < -0.39 is 15.9 Å². The lowest BCUT2D eigenvalue weighted by Crippen LogP contribution is -2.64. The maximum atomic E-state index is 12.9. The molecule has 2 N–H and O–H groups in total. The highest BCUT2D eigenvalue weighted by Crippen LogP contribution is 2.47. The largest absolute Gasteiger partial charge is 0.360 e. The number of sulfonamides is 1. The molecule has 5 aromatic rings. The monoisotopic (exact) mass is 693 g/mol. The first-order chi connectivity index (χ1) is 22.2. The number of nitrogens with one attached hydrogen (secondary N) is 2. The zero-order valence-electron chi connectivity index (χ0n) is 24.4. The van der Waals surface area contributed by atoms with Gasteiger partial charge < -0.3 is 14.7 Å². The molecule has 0 spiro atoms. The molecule has 2 aliphatic carbocycles. The minimum Gasteiger partial charge on any atom is -0.360 e. The number of aromatic nitrogens is 2. The SMILES string of the molecule is O=C(NS(=O)(=O)c1ccccc1)c1ccc2nc(N3C4CC(NCc5c(-c6c(Cl)cccc6Cl)noc5C5CC5)CC3C4)sc2c1. The highest BCUT2D eigenvalue weighted by atomic mass is 35.5. The van der Waals surface area contributed by atoms with Crippen LogP contribution < -0.4 is 14.9 Å². The number of hydrogen-bond acceptors (Lipinski definition) is 9. The minimum atomic E-state index is -3.97. The van der Waals surface area contributed by atoms with E-state index in [1.807, 2.05) is 18.2 Å². The van der Waals surface area contributed by atoms with Gasteiger partial charge in [0.05, 0.1) is 25.2 Å². The van der Waals surface area contributed by atoms with Crippen LogP contribution >= 0.6 is 34.5 Å². The third-order valence-electron chi connectivity index (χ3n) is 9.12. The molecule has 4 fully saturated rings. The fraction of sp³-hybridized carbons (Fsp3) is 0.303. The van der Waals surface area contributed by atoms with E-state index in [0.29, 0.717) is 51.9 Å². The Morgan fingerprint density at radius 3 is 2.43 bits per heavy atom. The van der Waals surface area contributed by atoms with Crippen LogP contribution in [0.3, 0.4) is 0 Å². The number of nitrogens with zero attached hydrogens (tertiary/aromatic N) is 3. The molecule has 236 valence electrons. The zero-order valence-corrected chi connectivity index (χ0v) is 27.6. The van der Waals surface area contributed by atoms with Gasteiger partial charge in [-0.15, -0.1) is 0 Å². The molecule has 2 aromatic heterocycles. The van der Waals surface area contributed by atoms with E-state index in [2.05, 4.69) is 20.1 Å². The Kier molecular flexibility index (Phi) is 7.57. The maximum absolute atomic E-state index is 12.9. The summed E-state index contributed by atoms with van der Waals surface area (Å²) in [5.41, 5.74) is 3.52. The van der Waals surface area contributed by atoms with E-state index >= 15 is 0 Å². The van der Waals surface area contributed by atoms with Gasteiger partial charge in [0.15, 0.2) is 5.13 Å². The van der Waals surface area contributed by atoms with Gasteiger partial charge in [-0.1, -0.05) is 64.0 Å². The second kappa shape index (κ2) is 11.6. The predicted octanol–water partition coefficient (Wildman–Crippen LogP) is 7.15. The highest BCUT2D eigenvalue weighted by molar-refractivity contribution is 7.90. The first kappa shape index (κ1) is 29.9. The quantitative estimate of drug-likeness (QED) is 0.167. The van der Waals surface area contributed by atoms with Crippen molar-refractivity contribution in [2.45, 2.75) is 67.6 Å². The number of carbonyl (C=O) groups excluding carboxylic acids is 1. The summed E-state index contributed by atoms with van der Waals surface area (Å²) in [7, 11) is -3.97. The van der Waals surface area contributed by atoms with E-state index in [9.17, 15) is 13.2 Å². The van der Waals surface area contributed by atoms with Gasteiger partial charge in [0, 0.05) is 47.3 Å². The van der Waals surface area contributed by atoms with Gasteiger partial charge >= 0.3 is 0 Å². The number of fused-ring (bicyclic) bond motifs is 3. The molecule has 9 rings (SSSR count). The summed E-state index contributed by atoms with van der Waals surface area (Å²) >= 11 is 14.6. The average Bonchev–Trinajstić information content (AvgIpc) is 3.67. The molecule has 2 unspecified atom stereocenters. The minimum absolute atomic E-state index is 0.0387. The Morgan fingerprint density at radius 1 is 0.978 bits per heavy atom. The number of thiazole rings is 1. The summed E-state index contributed by atoms with van der Waals surface area (Å²) in [4.78, 5) is 20.2. The Balaban J connectivity index is 0.949. The molecule has 13 heteroatoms. The highest BCUT2D eigenvalue weighted by Gasteiger charge is 2.46. The second-order valence-corrected chi connectivity index (χ2v) is 15.7. The fourth-order valence-corrected chi connectivity index (χ4v) is 9.40. The molecule has 2 saturated carbocycles. The molecular formula is C33H29Cl2N5O4S2. The molecule has 4 aliphatic rings. The normalized spacial score (nSPS) is 20.9. The number of halogens is 2. The van der Waals surface area contributed by atoms with Crippen LogP contribution in [0.1, 0.15) is 59.7 Å². The maximum Gasteiger partial charge on any atom is 0.265 e. The van der Waals surface area contributed by atoms with Crippen LogP contribution in [0.15, 0.2) is 76.1 Å². The second-order valence-electron chi connectivity index (χ2n) is 12.2. The molecule has 4 heterocycles. The first-order valence-corrected chi connectivity index (χ1v) is 18.3. The standard InChI is InChI=1S/C33H29Cl2N5O4S2/c34-25-7-4-8-26(35)29(25)30-24(31(44-38-30)18-9-10-18)17-36-20-14-21-16-22(15-20)40(21)33-37-27-12-11-19(13-28(27)45-33)32(41)39-46(42,43)23-5-2-1-3-6-23/h1-8,11-13,18,20-22,36H,9-10,14-17H2,(H,39,41).